The van der Waals surface area contributed by atoms with E-state index < -0.39 is 0 Å². The van der Waals surface area contributed by atoms with Crippen LogP contribution < -0.4 is 16.0 Å². The van der Waals surface area contributed by atoms with E-state index in [-0.39, 0.29) is 0 Å². The van der Waals surface area contributed by atoms with Gasteiger partial charge in [0, 0.05) is 17.5 Å². The van der Waals surface area contributed by atoms with Crippen molar-refractivity contribution in [1.82, 2.24) is 10.9 Å². The molecule has 0 saturated carbocycles. The monoisotopic (exact) mass is 253 g/mol. The third kappa shape index (κ3) is 2.14. The SMILES string of the molecule is C=Cc1ccc(CCl)cc1[NH+]1NC=C([S-])N1. The first-order valence-corrected chi connectivity index (χ1v) is 5.78. The van der Waals surface area contributed by atoms with E-state index in [1.165, 1.54) is 0 Å². The lowest BCUT2D eigenvalue weighted by Crippen LogP contribution is -3.17. The molecule has 0 aromatic heterocycles. The van der Waals surface area contributed by atoms with Crippen molar-refractivity contribution in [1.29, 1.82) is 0 Å². The Bertz CT molecular complexity index is 445. The third-order valence-electron chi connectivity index (χ3n) is 2.36. The van der Waals surface area contributed by atoms with Crippen molar-refractivity contribution in [3.63, 3.8) is 0 Å². The maximum atomic E-state index is 5.82. The minimum absolute atomic E-state index is 0.492. The van der Waals surface area contributed by atoms with E-state index in [2.05, 4.69) is 17.4 Å². The Balaban J connectivity index is 2.34. The molecule has 0 radical (unpaired) electrons. The minimum atomic E-state index is 0.492. The van der Waals surface area contributed by atoms with Crippen LogP contribution in [0.2, 0.25) is 0 Å². The van der Waals surface area contributed by atoms with Crippen molar-refractivity contribution in [3.05, 3.63) is 47.1 Å². The van der Waals surface area contributed by atoms with Crippen LogP contribution in [0.15, 0.2) is 36.0 Å². The van der Waals surface area contributed by atoms with E-state index in [1.54, 1.807) is 6.20 Å². The van der Waals surface area contributed by atoms with Crippen LogP contribution in [0.25, 0.3) is 6.08 Å². The molecule has 1 atom stereocenters. The van der Waals surface area contributed by atoms with Crippen molar-refractivity contribution in [2.75, 3.05) is 0 Å². The number of halogens is 1. The highest BCUT2D eigenvalue weighted by Crippen LogP contribution is 2.16. The number of quaternary nitrogens is 1. The number of alkyl halides is 1. The second kappa shape index (κ2) is 4.74. The molecule has 0 fully saturated rings. The van der Waals surface area contributed by atoms with Gasteiger partial charge in [-0.3, -0.25) is 0 Å². The van der Waals surface area contributed by atoms with Gasteiger partial charge in [0.1, 0.15) is 0 Å². The van der Waals surface area contributed by atoms with Gasteiger partial charge in [-0.2, -0.15) is 0 Å². The molecule has 1 aliphatic heterocycles. The zero-order chi connectivity index (χ0) is 11.5. The Labute approximate surface area is 105 Å². The molecular weight excluding hydrogens is 242 g/mol. The van der Waals surface area contributed by atoms with E-state index in [4.69, 9.17) is 24.2 Å². The molecule has 1 aliphatic rings. The number of hydrogen-bond acceptors (Lipinski definition) is 3. The Morgan fingerprint density at radius 1 is 1.50 bits per heavy atom. The summed E-state index contributed by atoms with van der Waals surface area (Å²) in [4.78, 5) is 0. The van der Waals surface area contributed by atoms with Crippen molar-refractivity contribution < 1.29 is 5.12 Å². The van der Waals surface area contributed by atoms with Crippen molar-refractivity contribution in [2.45, 2.75) is 5.88 Å². The molecule has 0 bridgehead atoms. The van der Waals surface area contributed by atoms with Gasteiger partial charge in [0.15, 0.2) is 5.69 Å². The van der Waals surface area contributed by atoms with E-state index in [0.717, 1.165) is 21.9 Å². The number of nitrogens with one attached hydrogen (secondary N) is 3. The first-order valence-electron chi connectivity index (χ1n) is 4.84. The van der Waals surface area contributed by atoms with Gasteiger partial charge in [0.2, 0.25) is 0 Å². The molecule has 2 rings (SSSR count). The second-order valence-electron chi connectivity index (χ2n) is 3.41. The average Bonchev–Trinajstić information content (AvgIpc) is 2.75. The van der Waals surface area contributed by atoms with Crippen LogP contribution in [-0.2, 0) is 18.5 Å². The number of hydrogen-bond donors (Lipinski definition) is 3. The van der Waals surface area contributed by atoms with Crippen LogP contribution in [0.5, 0.6) is 0 Å². The van der Waals surface area contributed by atoms with Gasteiger partial charge in [0.05, 0.1) is 6.20 Å². The van der Waals surface area contributed by atoms with Crippen LogP contribution >= 0.6 is 11.6 Å². The quantitative estimate of drug-likeness (QED) is 0.554. The van der Waals surface area contributed by atoms with Gasteiger partial charge in [-0.05, 0) is 16.7 Å². The van der Waals surface area contributed by atoms with Crippen LogP contribution in [0.1, 0.15) is 11.1 Å². The molecule has 3 N–H and O–H groups in total. The first-order chi connectivity index (χ1) is 7.74. The smallest absolute Gasteiger partial charge is 0.188 e. The lowest BCUT2D eigenvalue weighted by atomic mass is 10.1. The van der Waals surface area contributed by atoms with Crippen molar-refractivity contribution in [3.8, 4) is 0 Å². The van der Waals surface area contributed by atoms with Gasteiger partial charge >= 0.3 is 0 Å². The van der Waals surface area contributed by atoms with E-state index >= 15 is 0 Å². The normalized spacial score (nSPS) is 18.6. The van der Waals surface area contributed by atoms with E-state index in [9.17, 15) is 0 Å². The van der Waals surface area contributed by atoms with Gasteiger partial charge in [-0.25, -0.2) is 10.9 Å². The Kier molecular flexibility index (Phi) is 3.33. The third-order valence-corrected chi connectivity index (χ3v) is 2.89. The molecule has 0 amide bonds. The Morgan fingerprint density at radius 3 is 2.88 bits per heavy atom. The summed E-state index contributed by atoms with van der Waals surface area (Å²) < 4.78 is 0. The molecular formula is C11H12ClN3S. The summed E-state index contributed by atoms with van der Waals surface area (Å²) >= 11 is 10.9. The lowest BCUT2D eigenvalue weighted by molar-refractivity contribution is -0.908. The number of rotatable bonds is 3. The van der Waals surface area contributed by atoms with Crippen LogP contribution in [0.4, 0.5) is 5.69 Å². The fourth-order valence-electron chi connectivity index (χ4n) is 1.56. The second-order valence-corrected chi connectivity index (χ2v) is 4.12. The number of benzene rings is 1. The fourth-order valence-corrected chi connectivity index (χ4v) is 1.89. The zero-order valence-electron chi connectivity index (χ0n) is 8.59. The Morgan fingerprint density at radius 2 is 2.31 bits per heavy atom. The summed E-state index contributed by atoms with van der Waals surface area (Å²) in [6.07, 6.45) is 3.57. The molecule has 5 heteroatoms. The van der Waals surface area contributed by atoms with Gasteiger partial charge < -0.3 is 12.6 Å². The fraction of sp³-hybridized carbons (Fsp3) is 0.0909. The van der Waals surface area contributed by atoms with Crippen LogP contribution in [0.3, 0.4) is 0 Å². The van der Waals surface area contributed by atoms with E-state index in [1.807, 2.05) is 24.3 Å². The highest BCUT2D eigenvalue weighted by molar-refractivity contribution is 7.63. The highest BCUT2D eigenvalue weighted by atomic mass is 35.5. The molecule has 0 saturated heterocycles. The minimum Gasteiger partial charge on any atom is -0.756 e. The first kappa shape index (κ1) is 11.3. The molecule has 84 valence electrons. The van der Waals surface area contributed by atoms with Gasteiger partial charge in [-0.15, -0.1) is 16.7 Å². The molecule has 0 aliphatic carbocycles. The largest absolute Gasteiger partial charge is 0.756 e. The summed E-state index contributed by atoms with van der Waals surface area (Å²) in [5, 5.41) is 1.56. The summed E-state index contributed by atoms with van der Waals surface area (Å²) in [5.74, 6) is 0.492. The molecule has 1 aromatic carbocycles. The zero-order valence-corrected chi connectivity index (χ0v) is 10.2. The molecule has 1 unspecified atom stereocenters. The van der Waals surface area contributed by atoms with Crippen molar-refractivity contribution in [2.24, 2.45) is 0 Å². The predicted molar refractivity (Wildman–Crippen MR) is 68.4 cm³/mol. The van der Waals surface area contributed by atoms with Crippen LogP contribution in [-0.4, -0.2) is 0 Å². The molecule has 3 nitrogen and oxygen atoms in total. The summed E-state index contributed by atoms with van der Waals surface area (Å²) in [6, 6.07) is 6.02. The Hall–Kier alpha value is -1.23. The van der Waals surface area contributed by atoms with Crippen LogP contribution in [0, 0.1) is 0 Å². The van der Waals surface area contributed by atoms with Gasteiger partial charge in [0.25, 0.3) is 0 Å². The average molecular weight is 254 g/mol. The molecule has 16 heavy (non-hydrogen) atoms. The molecule has 0 spiro atoms. The summed E-state index contributed by atoms with van der Waals surface area (Å²) in [7, 11) is 0. The maximum Gasteiger partial charge on any atom is 0.188 e. The summed E-state index contributed by atoms with van der Waals surface area (Å²) in [5.41, 5.74) is 9.33. The molecule has 1 heterocycles. The standard InChI is InChI=1S/C11H12ClN3S/c1-2-9-4-3-8(6-12)5-10(9)15-13-7-11(16)14-15/h2-5,7,13-14,16H,1,6H2. The van der Waals surface area contributed by atoms with Crippen molar-refractivity contribution >= 4 is 36.0 Å². The lowest BCUT2D eigenvalue weighted by Gasteiger charge is -2.17. The summed E-state index contributed by atoms with van der Waals surface area (Å²) in [6.45, 7) is 3.79. The molecule has 1 aromatic rings. The topological polar surface area (TPSA) is 28.5 Å². The predicted octanol–water partition coefficient (Wildman–Crippen LogP) is 0.953. The highest BCUT2D eigenvalue weighted by Gasteiger charge is 2.17. The van der Waals surface area contributed by atoms with E-state index in [0.29, 0.717) is 10.9 Å². The maximum absolute atomic E-state index is 5.82. The van der Waals surface area contributed by atoms with Gasteiger partial charge in [-0.1, -0.05) is 18.7 Å².